The minimum atomic E-state index is -0.300. The summed E-state index contributed by atoms with van der Waals surface area (Å²) in [4.78, 5) is 21.2. The van der Waals surface area contributed by atoms with Gasteiger partial charge in [0.2, 0.25) is 11.8 Å². The van der Waals surface area contributed by atoms with Crippen molar-refractivity contribution < 1.29 is 19.0 Å². The summed E-state index contributed by atoms with van der Waals surface area (Å²) in [6.45, 7) is 2.44. The molecule has 7 heteroatoms. The molecule has 1 atom stereocenters. The Hall–Kier alpha value is -1.50. The highest BCUT2D eigenvalue weighted by Crippen LogP contribution is 2.34. The van der Waals surface area contributed by atoms with Crippen LogP contribution in [0.3, 0.4) is 0 Å². The molecule has 1 aromatic rings. The molecule has 0 aliphatic heterocycles. The molecule has 1 aromatic heterocycles. The number of thioether (sulfide) groups is 1. The lowest BCUT2D eigenvalue weighted by Gasteiger charge is -2.25. The molecule has 0 N–H and O–H groups in total. The molecule has 0 amide bonds. The van der Waals surface area contributed by atoms with E-state index in [1.165, 1.54) is 43.9 Å². The summed E-state index contributed by atoms with van der Waals surface area (Å²) in [5.74, 6) is 1.23. The van der Waals surface area contributed by atoms with Crippen molar-refractivity contribution in [2.45, 2.75) is 62.3 Å². The molecule has 1 aliphatic carbocycles. The molecule has 25 heavy (non-hydrogen) atoms. The van der Waals surface area contributed by atoms with Gasteiger partial charge in [0.05, 0.1) is 26.9 Å². The van der Waals surface area contributed by atoms with Gasteiger partial charge >= 0.3 is 5.97 Å². The van der Waals surface area contributed by atoms with Crippen LogP contribution in [0, 0.1) is 5.92 Å². The second-order valence-corrected chi connectivity index (χ2v) is 7.42. The molecule has 1 aliphatic rings. The topological polar surface area (TPSA) is 70.5 Å². The first-order chi connectivity index (χ1) is 12.2. The fourth-order valence-electron chi connectivity index (χ4n) is 2.99. The summed E-state index contributed by atoms with van der Waals surface area (Å²) >= 11 is 1.34. The Bertz CT molecular complexity index is 528. The van der Waals surface area contributed by atoms with Crippen LogP contribution in [0.5, 0.6) is 11.8 Å². The van der Waals surface area contributed by atoms with Crippen molar-refractivity contribution in [1.29, 1.82) is 0 Å². The van der Waals surface area contributed by atoms with Gasteiger partial charge in [-0.25, -0.2) is 0 Å². The molecular weight excluding hydrogens is 340 g/mol. The largest absolute Gasteiger partial charge is 0.481 e. The zero-order valence-corrected chi connectivity index (χ0v) is 16.1. The van der Waals surface area contributed by atoms with Crippen molar-refractivity contribution in [2.24, 2.45) is 5.92 Å². The van der Waals surface area contributed by atoms with Crippen LogP contribution in [-0.4, -0.2) is 42.0 Å². The number of rotatable bonds is 9. The maximum atomic E-state index is 12.5. The highest BCUT2D eigenvalue weighted by molar-refractivity contribution is 8.00. The normalized spacial score (nSPS) is 16.3. The van der Waals surface area contributed by atoms with Gasteiger partial charge in [-0.3, -0.25) is 4.79 Å². The number of methoxy groups -OCH3 is 2. The quantitative estimate of drug-likeness (QED) is 0.372. The Morgan fingerprint density at radius 2 is 1.84 bits per heavy atom. The maximum absolute atomic E-state index is 12.5. The summed E-state index contributed by atoms with van der Waals surface area (Å²) in [6, 6.07) is 1.62. The van der Waals surface area contributed by atoms with Crippen molar-refractivity contribution in [2.75, 3.05) is 20.8 Å². The average molecular weight is 368 g/mol. The van der Waals surface area contributed by atoms with Gasteiger partial charge in [0.25, 0.3) is 0 Å². The van der Waals surface area contributed by atoms with E-state index in [1.807, 2.05) is 6.92 Å². The number of ether oxygens (including phenoxy) is 3. The molecule has 1 fully saturated rings. The fourth-order valence-corrected chi connectivity index (χ4v) is 4.06. The predicted octanol–water partition coefficient (Wildman–Crippen LogP) is 3.88. The summed E-state index contributed by atoms with van der Waals surface area (Å²) < 4.78 is 15.8. The molecule has 140 valence electrons. The number of hydrogen-bond donors (Lipinski definition) is 0. The van der Waals surface area contributed by atoms with Crippen molar-refractivity contribution in [3.8, 4) is 11.8 Å². The lowest BCUT2D eigenvalue weighted by Crippen LogP contribution is -2.25. The molecule has 1 unspecified atom stereocenters. The summed E-state index contributed by atoms with van der Waals surface area (Å²) in [6.07, 6.45) is 7.77. The monoisotopic (exact) mass is 368 g/mol. The van der Waals surface area contributed by atoms with Crippen LogP contribution in [0.2, 0.25) is 0 Å². The highest BCUT2D eigenvalue weighted by Gasteiger charge is 2.28. The zero-order valence-electron chi connectivity index (χ0n) is 15.3. The first-order valence-corrected chi connectivity index (χ1v) is 9.84. The van der Waals surface area contributed by atoms with E-state index in [9.17, 15) is 4.79 Å². The number of nitrogens with zero attached hydrogens (tertiary/aromatic N) is 2. The molecular formula is C18H28N2O4S. The summed E-state index contributed by atoms with van der Waals surface area (Å²) in [5, 5.41) is 0.178. The minimum Gasteiger partial charge on any atom is -0.481 e. The van der Waals surface area contributed by atoms with Crippen LogP contribution >= 0.6 is 11.8 Å². The van der Waals surface area contributed by atoms with Crippen LogP contribution in [-0.2, 0) is 9.53 Å². The number of carbonyl (C=O) groups is 1. The molecule has 1 heterocycles. The smallest absolute Gasteiger partial charge is 0.319 e. The van der Waals surface area contributed by atoms with Crippen molar-refractivity contribution in [3.63, 3.8) is 0 Å². The van der Waals surface area contributed by atoms with Crippen molar-refractivity contribution in [1.82, 2.24) is 9.97 Å². The van der Waals surface area contributed by atoms with Crippen molar-refractivity contribution in [3.05, 3.63) is 6.07 Å². The van der Waals surface area contributed by atoms with E-state index in [-0.39, 0.29) is 11.2 Å². The van der Waals surface area contributed by atoms with E-state index < -0.39 is 0 Å². The summed E-state index contributed by atoms with van der Waals surface area (Å²) in [7, 11) is 3.09. The Balaban J connectivity index is 2.11. The first kappa shape index (κ1) is 19.8. The molecule has 0 saturated heterocycles. The van der Waals surface area contributed by atoms with Gasteiger partial charge in [0.15, 0.2) is 5.16 Å². The minimum absolute atomic E-state index is 0.178. The van der Waals surface area contributed by atoms with Crippen LogP contribution in [0.4, 0.5) is 0 Å². The van der Waals surface area contributed by atoms with E-state index in [4.69, 9.17) is 14.2 Å². The Morgan fingerprint density at radius 1 is 1.20 bits per heavy atom. The van der Waals surface area contributed by atoms with E-state index in [0.717, 1.165) is 12.8 Å². The molecule has 2 rings (SSSR count). The van der Waals surface area contributed by atoms with Gasteiger partial charge in [0, 0.05) is 0 Å². The molecule has 1 saturated carbocycles. The van der Waals surface area contributed by atoms with Crippen LogP contribution in [0.25, 0.3) is 0 Å². The highest BCUT2D eigenvalue weighted by atomic mass is 32.2. The van der Waals surface area contributed by atoms with Crippen molar-refractivity contribution >= 4 is 17.7 Å². The second-order valence-electron chi connectivity index (χ2n) is 6.25. The molecule has 0 aromatic carbocycles. The number of aromatic nitrogens is 2. The third kappa shape index (κ3) is 6.38. The van der Waals surface area contributed by atoms with Gasteiger partial charge in [-0.2, -0.15) is 9.97 Å². The van der Waals surface area contributed by atoms with Crippen LogP contribution in [0.15, 0.2) is 11.2 Å². The van der Waals surface area contributed by atoms with Gasteiger partial charge in [-0.15, -0.1) is 0 Å². The number of esters is 1. The lowest BCUT2D eigenvalue weighted by molar-refractivity contribution is -0.143. The first-order valence-electron chi connectivity index (χ1n) is 8.96. The Kier molecular flexibility index (Phi) is 8.31. The van der Waals surface area contributed by atoms with Crippen LogP contribution < -0.4 is 9.47 Å². The second kappa shape index (κ2) is 10.5. The third-order valence-corrected chi connectivity index (χ3v) is 5.37. The Labute approximate surface area is 154 Å². The molecule has 0 bridgehead atoms. The van der Waals surface area contributed by atoms with Gasteiger partial charge in [-0.1, -0.05) is 50.8 Å². The number of hydrogen-bond acceptors (Lipinski definition) is 7. The zero-order chi connectivity index (χ0) is 18.1. The van der Waals surface area contributed by atoms with E-state index in [0.29, 0.717) is 29.4 Å². The molecule has 6 nitrogen and oxygen atoms in total. The van der Waals surface area contributed by atoms with Gasteiger partial charge < -0.3 is 14.2 Å². The third-order valence-electron chi connectivity index (χ3n) is 4.31. The van der Waals surface area contributed by atoms with E-state index in [2.05, 4.69) is 9.97 Å². The predicted molar refractivity (Wildman–Crippen MR) is 97.2 cm³/mol. The maximum Gasteiger partial charge on any atom is 0.319 e. The molecule has 0 radical (unpaired) electrons. The standard InChI is InChI=1S/C18H28N2O4S/c1-4-10-24-17(21)14(11-13-8-6-5-7-9-13)25-18-19-15(22-2)12-16(20-18)23-3/h12-14H,4-11H2,1-3H3. The van der Waals surface area contributed by atoms with Gasteiger partial charge in [0.1, 0.15) is 5.25 Å². The van der Waals surface area contributed by atoms with E-state index in [1.54, 1.807) is 20.3 Å². The lowest BCUT2D eigenvalue weighted by atomic mass is 9.86. The average Bonchev–Trinajstić information content (AvgIpc) is 2.66. The van der Waals surface area contributed by atoms with Gasteiger partial charge in [-0.05, 0) is 18.8 Å². The molecule has 0 spiro atoms. The SMILES string of the molecule is CCCOC(=O)C(CC1CCCCC1)Sc1nc(OC)cc(OC)n1. The van der Waals surface area contributed by atoms with Crippen LogP contribution in [0.1, 0.15) is 51.9 Å². The fraction of sp³-hybridized carbons (Fsp3) is 0.722. The van der Waals surface area contributed by atoms with E-state index >= 15 is 0 Å². The summed E-state index contributed by atoms with van der Waals surface area (Å²) in [5.41, 5.74) is 0. The Morgan fingerprint density at radius 3 is 2.40 bits per heavy atom. The number of carbonyl (C=O) groups excluding carboxylic acids is 1.